The summed E-state index contributed by atoms with van der Waals surface area (Å²) in [4.78, 5) is 45.3. The molecule has 3 atom stereocenters. The van der Waals surface area contributed by atoms with Crippen LogP contribution in [-0.2, 0) is 37.5 Å². The molecule has 0 aliphatic carbocycles. The molecule has 0 rings (SSSR count). The molecular weight excluding hydrogens is 589 g/mol. The average molecular weight is 648 g/mol. The molecule has 0 saturated carbocycles. The number of hydrogen-bond acceptors (Lipinski definition) is 9. The Morgan fingerprint density at radius 2 is 1.25 bits per heavy atom. The van der Waals surface area contributed by atoms with Crippen LogP contribution in [0.3, 0.4) is 0 Å². The number of unbranched alkanes of at least 4 members (excludes halogenated alkanes) is 12. The van der Waals surface area contributed by atoms with Crippen molar-refractivity contribution in [3.05, 3.63) is 24.3 Å². The molecule has 0 amide bonds. The van der Waals surface area contributed by atoms with E-state index >= 15 is 0 Å². The molecule has 256 valence electrons. The topological polar surface area (TPSA) is 172 Å². The second-order valence-electron chi connectivity index (χ2n) is 10.9. The third-order valence-corrected chi connectivity index (χ3v) is 7.63. The smallest absolute Gasteiger partial charge is 0.472 e. The largest absolute Gasteiger partial charge is 0.480 e. The number of carbonyl (C=O) groups excluding carboxylic acids is 2. The predicted molar refractivity (Wildman–Crippen MR) is 171 cm³/mol. The van der Waals surface area contributed by atoms with Gasteiger partial charge < -0.3 is 25.2 Å². The summed E-state index contributed by atoms with van der Waals surface area (Å²) in [6, 6.07) is -1.52. The Bertz CT molecular complexity index is 864. The number of carboxylic acids is 1. The first-order chi connectivity index (χ1) is 21.1. The summed E-state index contributed by atoms with van der Waals surface area (Å²) >= 11 is 0. The average Bonchev–Trinajstić information content (AvgIpc) is 2.99. The van der Waals surface area contributed by atoms with Crippen molar-refractivity contribution in [2.45, 2.75) is 142 Å². The molecule has 0 bridgehead atoms. The summed E-state index contributed by atoms with van der Waals surface area (Å²) in [5, 5.41) is 8.81. The number of aliphatic carboxylic acids is 1. The maximum Gasteiger partial charge on any atom is 0.472 e. The Kier molecular flexibility index (Phi) is 27.1. The number of ether oxygens (including phenoxy) is 2. The molecule has 0 aliphatic rings. The number of carbonyl (C=O) groups is 3. The molecular formula is C32H58NO10P. The molecule has 11 nitrogen and oxygen atoms in total. The van der Waals surface area contributed by atoms with Gasteiger partial charge in [0.1, 0.15) is 12.6 Å². The van der Waals surface area contributed by atoms with Gasteiger partial charge in [-0.1, -0.05) is 102 Å². The van der Waals surface area contributed by atoms with E-state index in [1.165, 1.54) is 19.3 Å². The Morgan fingerprint density at radius 3 is 1.86 bits per heavy atom. The summed E-state index contributed by atoms with van der Waals surface area (Å²) in [6.07, 6.45) is 24.2. The lowest BCUT2D eigenvalue weighted by Crippen LogP contribution is -2.34. The van der Waals surface area contributed by atoms with Crippen LogP contribution >= 0.6 is 7.82 Å². The van der Waals surface area contributed by atoms with Crippen molar-refractivity contribution < 1.29 is 47.5 Å². The van der Waals surface area contributed by atoms with Gasteiger partial charge in [0, 0.05) is 12.8 Å². The van der Waals surface area contributed by atoms with Crippen LogP contribution in [0.4, 0.5) is 0 Å². The van der Waals surface area contributed by atoms with Crippen LogP contribution in [0.1, 0.15) is 129 Å². The van der Waals surface area contributed by atoms with E-state index in [9.17, 15) is 23.8 Å². The fourth-order valence-corrected chi connectivity index (χ4v) is 4.82. The van der Waals surface area contributed by atoms with Crippen LogP contribution in [0.2, 0.25) is 0 Å². The van der Waals surface area contributed by atoms with Crippen molar-refractivity contribution >= 4 is 25.7 Å². The van der Waals surface area contributed by atoms with E-state index < -0.39 is 51.1 Å². The summed E-state index contributed by atoms with van der Waals surface area (Å²) in [5.41, 5.74) is 5.29. The minimum atomic E-state index is -4.70. The van der Waals surface area contributed by atoms with Crippen molar-refractivity contribution in [1.29, 1.82) is 0 Å². The molecule has 0 heterocycles. The number of phosphoric acid groups is 1. The zero-order valence-corrected chi connectivity index (χ0v) is 27.9. The third-order valence-electron chi connectivity index (χ3n) is 6.68. The predicted octanol–water partition coefficient (Wildman–Crippen LogP) is 7.16. The highest BCUT2D eigenvalue weighted by molar-refractivity contribution is 7.47. The fourth-order valence-electron chi connectivity index (χ4n) is 4.04. The van der Waals surface area contributed by atoms with Crippen LogP contribution in [0, 0.1) is 0 Å². The Morgan fingerprint density at radius 1 is 0.705 bits per heavy atom. The SMILES string of the molecule is CCC/C=C\C/C=C\CCCCCCCC(=O)OC(COC(=O)CCCCCCCCC)COP(=O)(O)OCC(N)C(=O)O. The van der Waals surface area contributed by atoms with E-state index in [0.29, 0.717) is 12.8 Å². The quantitative estimate of drug-likeness (QED) is 0.0312. The molecule has 4 N–H and O–H groups in total. The van der Waals surface area contributed by atoms with Gasteiger partial charge in [-0.3, -0.25) is 23.4 Å². The van der Waals surface area contributed by atoms with Gasteiger partial charge in [0.25, 0.3) is 0 Å². The third kappa shape index (κ3) is 27.5. The molecule has 0 fully saturated rings. The van der Waals surface area contributed by atoms with Crippen LogP contribution in [0.25, 0.3) is 0 Å². The van der Waals surface area contributed by atoms with E-state index in [1.807, 2.05) is 0 Å². The Labute approximate surface area is 264 Å². The van der Waals surface area contributed by atoms with Crippen molar-refractivity contribution in [1.82, 2.24) is 0 Å². The van der Waals surface area contributed by atoms with Crippen LogP contribution < -0.4 is 5.73 Å². The molecule has 0 aromatic heterocycles. The van der Waals surface area contributed by atoms with E-state index in [-0.39, 0.29) is 19.4 Å². The van der Waals surface area contributed by atoms with Gasteiger partial charge in [-0.2, -0.15) is 0 Å². The lowest BCUT2D eigenvalue weighted by Gasteiger charge is -2.20. The highest BCUT2D eigenvalue weighted by Gasteiger charge is 2.28. The Balaban J connectivity index is 4.53. The lowest BCUT2D eigenvalue weighted by molar-refractivity contribution is -0.161. The maximum atomic E-state index is 12.5. The standard InChI is InChI=1S/C32H58NO10P/c1-3-5-7-9-11-12-13-14-15-16-18-20-22-24-31(35)43-28(26-41-44(38,39)42-27-29(33)32(36)37)25-40-30(34)23-21-19-17-10-8-6-4-2/h7,9,12-13,28-29H,3-6,8,10-11,14-27,33H2,1-2H3,(H,36,37)(H,38,39)/b9-7-,13-12-. The van der Waals surface area contributed by atoms with E-state index in [0.717, 1.165) is 70.6 Å². The summed E-state index contributed by atoms with van der Waals surface area (Å²) in [6.45, 7) is 2.62. The van der Waals surface area contributed by atoms with Gasteiger partial charge in [-0.25, -0.2) is 4.57 Å². The first-order valence-corrected chi connectivity index (χ1v) is 17.9. The van der Waals surface area contributed by atoms with Crippen LogP contribution in [-0.4, -0.2) is 59.9 Å². The number of nitrogens with two attached hydrogens (primary N) is 1. The molecule has 0 saturated heterocycles. The fraction of sp³-hybridized carbons (Fsp3) is 0.781. The summed E-state index contributed by atoms with van der Waals surface area (Å²) in [5.74, 6) is -2.41. The maximum absolute atomic E-state index is 12.5. The molecule has 0 aromatic rings. The highest BCUT2D eigenvalue weighted by Crippen LogP contribution is 2.43. The van der Waals surface area contributed by atoms with Crippen LogP contribution in [0.5, 0.6) is 0 Å². The molecule has 0 aliphatic heterocycles. The van der Waals surface area contributed by atoms with Crippen molar-refractivity contribution in [2.24, 2.45) is 5.73 Å². The monoisotopic (exact) mass is 647 g/mol. The molecule has 3 unspecified atom stereocenters. The molecule has 0 aromatic carbocycles. The minimum absolute atomic E-state index is 0.146. The zero-order chi connectivity index (χ0) is 32.9. The van der Waals surface area contributed by atoms with Crippen molar-refractivity contribution in [3.8, 4) is 0 Å². The van der Waals surface area contributed by atoms with Gasteiger partial charge in [0.05, 0.1) is 13.2 Å². The molecule has 0 spiro atoms. The van der Waals surface area contributed by atoms with Gasteiger partial charge in [-0.15, -0.1) is 0 Å². The second kappa shape index (κ2) is 28.4. The number of hydrogen-bond donors (Lipinski definition) is 3. The second-order valence-corrected chi connectivity index (χ2v) is 12.4. The van der Waals surface area contributed by atoms with Gasteiger partial charge >= 0.3 is 25.7 Å². The summed E-state index contributed by atoms with van der Waals surface area (Å²) in [7, 11) is -4.70. The number of rotatable bonds is 30. The van der Waals surface area contributed by atoms with E-state index in [4.69, 9.17) is 24.8 Å². The Hall–Kier alpha value is -2.04. The minimum Gasteiger partial charge on any atom is -0.480 e. The molecule has 12 heteroatoms. The van der Waals surface area contributed by atoms with Crippen molar-refractivity contribution in [2.75, 3.05) is 19.8 Å². The number of allylic oxidation sites excluding steroid dienone is 4. The zero-order valence-electron chi connectivity index (χ0n) is 27.0. The summed E-state index contributed by atoms with van der Waals surface area (Å²) < 4.78 is 32.3. The van der Waals surface area contributed by atoms with E-state index in [1.54, 1.807) is 0 Å². The van der Waals surface area contributed by atoms with Gasteiger partial charge in [-0.05, 0) is 38.5 Å². The molecule has 0 radical (unpaired) electrons. The lowest BCUT2D eigenvalue weighted by atomic mass is 10.1. The highest BCUT2D eigenvalue weighted by atomic mass is 31.2. The number of carboxylic acid groups (broad SMARTS) is 1. The first kappa shape index (κ1) is 42.0. The number of phosphoric ester groups is 1. The number of esters is 2. The van der Waals surface area contributed by atoms with Crippen LogP contribution in [0.15, 0.2) is 24.3 Å². The van der Waals surface area contributed by atoms with Crippen molar-refractivity contribution in [3.63, 3.8) is 0 Å². The van der Waals surface area contributed by atoms with Gasteiger partial charge in [0.2, 0.25) is 0 Å². The first-order valence-electron chi connectivity index (χ1n) is 16.4. The van der Waals surface area contributed by atoms with Gasteiger partial charge in [0.15, 0.2) is 6.10 Å². The molecule has 44 heavy (non-hydrogen) atoms. The van der Waals surface area contributed by atoms with E-state index in [2.05, 4.69) is 42.7 Å². The normalized spacial score (nSPS) is 14.5.